The molecule has 0 aliphatic heterocycles. The molecule has 1 rings (SSSR count). The molecule has 1 amide bonds. The molecule has 94 valence electrons. The molecule has 1 fully saturated rings. The minimum absolute atomic E-state index is 0.124. The van der Waals surface area contributed by atoms with Crippen molar-refractivity contribution in [1.82, 2.24) is 10.6 Å². The largest absolute Gasteiger partial charge is 0.352 e. The summed E-state index contributed by atoms with van der Waals surface area (Å²) in [5.41, 5.74) is 0. The van der Waals surface area contributed by atoms with Crippen LogP contribution in [-0.4, -0.2) is 25.0 Å². The summed E-state index contributed by atoms with van der Waals surface area (Å²) in [6, 6.07) is 0.265. The van der Waals surface area contributed by atoms with Gasteiger partial charge in [-0.15, -0.1) is 0 Å². The van der Waals surface area contributed by atoms with E-state index in [-0.39, 0.29) is 11.9 Å². The zero-order chi connectivity index (χ0) is 12.0. The highest BCUT2D eigenvalue weighted by atomic mass is 16.1. The van der Waals surface area contributed by atoms with Gasteiger partial charge >= 0.3 is 0 Å². The Hall–Kier alpha value is -0.570. The van der Waals surface area contributed by atoms with E-state index in [1.165, 1.54) is 25.7 Å². The molecule has 1 unspecified atom stereocenters. The first-order chi connectivity index (χ1) is 7.59. The molecule has 0 heterocycles. The summed E-state index contributed by atoms with van der Waals surface area (Å²) in [5, 5.41) is 6.26. The second-order valence-corrected chi connectivity index (χ2v) is 5.38. The van der Waals surface area contributed by atoms with Gasteiger partial charge < -0.3 is 10.6 Å². The maximum Gasteiger partial charge on any atom is 0.234 e. The zero-order valence-corrected chi connectivity index (χ0v) is 10.9. The van der Waals surface area contributed by atoms with E-state index in [4.69, 9.17) is 0 Å². The molecule has 3 nitrogen and oxygen atoms in total. The van der Waals surface area contributed by atoms with Crippen LogP contribution in [0.15, 0.2) is 0 Å². The molecule has 1 atom stereocenters. The molecule has 2 N–H and O–H groups in total. The minimum atomic E-state index is 0.124. The van der Waals surface area contributed by atoms with Crippen molar-refractivity contribution in [1.29, 1.82) is 0 Å². The number of carbonyl (C=O) groups excluding carboxylic acids is 1. The van der Waals surface area contributed by atoms with E-state index in [1.807, 2.05) is 0 Å². The molecule has 16 heavy (non-hydrogen) atoms. The summed E-state index contributed by atoms with van der Waals surface area (Å²) >= 11 is 0. The summed E-state index contributed by atoms with van der Waals surface area (Å²) in [6.07, 6.45) is 5.39. The molecule has 0 spiro atoms. The summed E-state index contributed by atoms with van der Waals surface area (Å²) in [5.74, 6) is 1.42. The maximum atomic E-state index is 11.6. The van der Waals surface area contributed by atoms with Gasteiger partial charge in [0.2, 0.25) is 5.91 Å². The van der Waals surface area contributed by atoms with Gasteiger partial charge in [0, 0.05) is 6.04 Å². The van der Waals surface area contributed by atoms with Crippen LogP contribution in [0.4, 0.5) is 0 Å². The average Bonchev–Trinajstić information content (AvgIpc) is 2.70. The summed E-state index contributed by atoms with van der Waals surface area (Å²) in [4.78, 5) is 11.6. The van der Waals surface area contributed by atoms with Crippen LogP contribution in [0.1, 0.15) is 46.5 Å². The smallest absolute Gasteiger partial charge is 0.234 e. The van der Waals surface area contributed by atoms with Gasteiger partial charge in [-0.25, -0.2) is 0 Å². The number of nitrogens with one attached hydrogen (secondary N) is 2. The normalized spacial score (nSPS) is 19.0. The predicted molar refractivity (Wildman–Crippen MR) is 67.3 cm³/mol. The SMILES string of the molecule is CC(C)C(C)NC(=O)CNCC1CCCC1. The molecule has 0 aromatic carbocycles. The monoisotopic (exact) mass is 226 g/mol. The second kappa shape index (κ2) is 6.89. The molecule has 1 aliphatic rings. The molecule has 3 heteroatoms. The van der Waals surface area contributed by atoms with Gasteiger partial charge in [-0.3, -0.25) is 4.79 Å². The molecule has 0 aromatic heterocycles. The van der Waals surface area contributed by atoms with Gasteiger partial charge in [0.25, 0.3) is 0 Å². The van der Waals surface area contributed by atoms with Crippen LogP contribution in [0, 0.1) is 11.8 Å². The van der Waals surface area contributed by atoms with E-state index in [0.717, 1.165) is 12.5 Å². The highest BCUT2D eigenvalue weighted by Gasteiger charge is 2.15. The van der Waals surface area contributed by atoms with Crippen molar-refractivity contribution in [3.8, 4) is 0 Å². The Morgan fingerprint density at radius 1 is 1.25 bits per heavy atom. The lowest BCUT2D eigenvalue weighted by atomic mass is 10.1. The molecule has 1 saturated carbocycles. The van der Waals surface area contributed by atoms with Gasteiger partial charge in [-0.2, -0.15) is 0 Å². The van der Waals surface area contributed by atoms with Crippen LogP contribution in [0.25, 0.3) is 0 Å². The minimum Gasteiger partial charge on any atom is -0.352 e. The highest BCUT2D eigenvalue weighted by Crippen LogP contribution is 2.23. The molecule has 1 aliphatic carbocycles. The Morgan fingerprint density at radius 2 is 1.88 bits per heavy atom. The van der Waals surface area contributed by atoms with Crippen LogP contribution in [0.5, 0.6) is 0 Å². The predicted octanol–water partition coefficient (Wildman–Crippen LogP) is 1.93. The number of hydrogen-bond donors (Lipinski definition) is 2. The van der Waals surface area contributed by atoms with Crippen molar-refractivity contribution in [3.63, 3.8) is 0 Å². The van der Waals surface area contributed by atoms with E-state index in [2.05, 4.69) is 31.4 Å². The summed E-state index contributed by atoms with van der Waals surface area (Å²) in [7, 11) is 0. The van der Waals surface area contributed by atoms with Crippen LogP contribution in [-0.2, 0) is 4.79 Å². The van der Waals surface area contributed by atoms with Gasteiger partial charge in [-0.1, -0.05) is 26.7 Å². The molecule has 0 aromatic rings. The lowest BCUT2D eigenvalue weighted by molar-refractivity contribution is -0.121. The lowest BCUT2D eigenvalue weighted by Crippen LogP contribution is -2.42. The Labute approximate surface area is 99.4 Å². The third-order valence-electron chi connectivity index (χ3n) is 3.58. The van der Waals surface area contributed by atoms with Crippen LogP contribution in [0.3, 0.4) is 0 Å². The van der Waals surface area contributed by atoms with Gasteiger partial charge in [0.1, 0.15) is 0 Å². The standard InChI is InChI=1S/C13H26N2O/c1-10(2)11(3)15-13(16)9-14-8-12-6-4-5-7-12/h10-12,14H,4-9H2,1-3H3,(H,15,16). The van der Waals surface area contributed by atoms with Crippen LogP contribution < -0.4 is 10.6 Å². The first-order valence-electron chi connectivity index (χ1n) is 6.59. The first-order valence-corrected chi connectivity index (χ1v) is 6.59. The van der Waals surface area contributed by atoms with Gasteiger partial charge in [-0.05, 0) is 38.1 Å². The Kier molecular flexibility index (Phi) is 5.81. The fraction of sp³-hybridized carbons (Fsp3) is 0.923. The number of amides is 1. The fourth-order valence-corrected chi connectivity index (χ4v) is 2.08. The topological polar surface area (TPSA) is 41.1 Å². The van der Waals surface area contributed by atoms with Crippen LogP contribution in [0.2, 0.25) is 0 Å². The van der Waals surface area contributed by atoms with Crippen LogP contribution >= 0.6 is 0 Å². The van der Waals surface area contributed by atoms with Gasteiger partial charge in [0.05, 0.1) is 6.54 Å². The van der Waals surface area contributed by atoms with E-state index in [9.17, 15) is 4.79 Å². The molecular formula is C13H26N2O. The van der Waals surface area contributed by atoms with E-state index in [1.54, 1.807) is 0 Å². The van der Waals surface area contributed by atoms with Crippen molar-refractivity contribution in [2.24, 2.45) is 11.8 Å². The Morgan fingerprint density at radius 3 is 2.44 bits per heavy atom. The van der Waals surface area contributed by atoms with Crippen molar-refractivity contribution in [2.75, 3.05) is 13.1 Å². The highest BCUT2D eigenvalue weighted by molar-refractivity contribution is 5.78. The Bertz CT molecular complexity index is 210. The van der Waals surface area contributed by atoms with Crippen molar-refractivity contribution >= 4 is 5.91 Å². The maximum absolute atomic E-state index is 11.6. The van der Waals surface area contributed by atoms with Crippen molar-refractivity contribution in [3.05, 3.63) is 0 Å². The number of carbonyl (C=O) groups is 1. The van der Waals surface area contributed by atoms with Crippen molar-refractivity contribution in [2.45, 2.75) is 52.5 Å². The molecule has 0 saturated heterocycles. The number of hydrogen-bond acceptors (Lipinski definition) is 2. The summed E-state index contributed by atoms with van der Waals surface area (Å²) in [6.45, 7) is 7.77. The fourth-order valence-electron chi connectivity index (χ4n) is 2.08. The molecular weight excluding hydrogens is 200 g/mol. The van der Waals surface area contributed by atoms with E-state index >= 15 is 0 Å². The van der Waals surface area contributed by atoms with E-state index in [0.29, 0.717) is 12.5 Å². The lowest BCUT2D eigenvalue weighted by Gasteiger charge is -2.18. The third kappa shape index (κ3) is 4.97. The Balaban J connectivity index is 2.05. The third-order valence-corrected chi connectivity index (χ3v) is 3.58. The van der Waals surface area contributed by atoms with E-state index < -0.39 is 0 Å². The van der Waals surface area contributed by atoms with Crippen molar-refractivity contribution < 1.29 is 4.79 Å². The summed E-state index contributed by atoms with van der Waals surface area (Å²) < 4.78 is 0. The zero-order valence-electron chi connectivity index (χ0n) is 10.9. The first kappa shape index (κ1) is 13.5. The number of rotatable bonds is 6. The van der Waals surface area contributed by atoms with Gasteiger partial charge in [0.15, 0.2) is 0 Å². The molecule has 0 bridgehead atoms. The second-order valence-electron chi connectivity index (χ2n) is 5.38. The average molecular weight is 226 g/mol. The quantitative estimate of drug-likeness (QED) is 0.726. The molecule has 0 radical (unpaired) electrons.